The molecule has 25 heavy (non-hydrogen) atoms. The molecule has 8 nitrogen and oxygen atoms in total. The van der Waals surface area contributed by atoms with Crippen LogP contribution in [-0.2, 0) is 9.53 Å². The van der Waals surface area contributed by atoms with Gasteiger partial charge < -0.3 is 15.4 Å². The first-order chi connectivity index (χ1) is 12.1. The number of aromatic nitrogens is 2. The molecule has 2 rings (SSSR count). The molecule has 0 saturated heterocycles. The number of nitrogens with one attached hydrogen (secondary N) is 3. The summed E-state index contributed by atoms with van der Waals surface area (Å²) in [6.45, 7) is 2.97. The van der Waals surface area contributed by atoms with Crippen LogP contribution in [0.5, 0.6) is 0 Å². The summed E-state index contributed by atoms with van der Waals surface area (Å²) in [5, 5.41) is 16.7. The summed E-state index contributed by atoms with van der Waals surface area (Å²) in [6, 6.07) is -0.239. The van der Waals surface area contributed by atoms with Crippen molar-refractivity contribution >= 4 is 40.2 Å². The van der Waals surface area contributed by atoms with Crippen LogP contribution in [0.25, 0.3) is 0 Å². The van der Waals surface area contributed by atoms with Crippen LogP contribution in [0.4, 0.5) is 9.93 Å². The van der Waals surface area contributed by atoms with Gasteiger partial charge in [0.05, 0.1) is 11.9 Å². The number of carbonyl (C=O) groups excluding carboxylic acids is 2. The Morgan fingerprint density at radius 2 is 2.08 bits per heavy atom. The van der Waals surface area contributed by atoms with Crippen LogP contribution in [0.15, 0.2) is 4.34 Å². The normalized spacial score (nSPS) is 16.2. The third-order valence-electron chi connectivity index (χ3n) is 3.81. The summed E-state index contributed by atoms with van der Waals surface area (Å²) in [4.78, 5) is 24.1. The quantitative estimate of drug-likeness (QED) is 0.464. The van der Waals surface area contributed by atoms with Crippen molar-refractivity contribution in [1.82, 2.24) is 20.8 Å². The molecule has 3 amide bonds. The number of urea groups is 1. The Kier molecular flexibility index (Phi) is 8.42. The molecule has 0 radical (unpaired) electrons. The molecule has 1 saturated carbocycles. The highest BCUT2D eigenvalue weighted by Crippen LogP contribution is 2.28. The Hall–Kier alpha value is -1.39. The maximum atomic E-state index is 12.1. The molecule has 1 aliphatic rings. The first-order valence-electron chi connectivity index (χ1n) is 8.43. The molecule has 10 heteroatoms. The number of hydrogen-bond acceptors (Lipinski definition) is 8. The fraction of sp³-hybridized carbons (Fsp3) is 0.733. The Morgan fingerprint density at radius 1 is 1.32 bits per heavy atom. The maximum absolute atomic E-state index is 12.1. The van der Waals surface area contributed by atoms with E-state index in [9.17, 15) is 9.59 Å². The standard InChI is InChI=1S/C15H25N5O3S2/c1-10(24-15-20-19-14(25-15)16-8-9-23-2)12(21)18-13(22)17-11-6-4-3-5-7-11/h10-11H,3-9H2,1-2H3,(H,16,19)(H2,17,18,21,22)/t10-/m1/s1. The van der Waals surface area contributed by atoms with Crippen LogP contribution < -0.4 is 16.0 Å². The van der Waals surface area contributed by atoms with Gasteiger partial charge in [0.2, 0.25) is 11.0 Å². The molecule has 0 aliphatic heterocycles. The van der Waals surface area contributed by atoms with Gasteiger partial charge in [-0.25, -0.2) is 4.79 Å². The zero-order valence-corrected chi connectivity index (χ0v) is 16.2. The second kappa shape index (κ2) is 10.6. The number of rotatable bonds is 8. The van der Waals surface area contributed by atoms with Crippen LogP contribution in [-0.4, -0.2) is 53.7 Å². The third kappa shape index (κ3) is 7.17. The van der Waals surface area contributed by atoms with Gasteiger partial charge in [-0.05, 0) is 19.8 Å². The molecular weight excluding hydrogens is 362 g/mol. The molecule has 1 aliphatic carbocycles. The van der Waals surface area contributed by atoms with Crippen molar-refractivity contribution in [2.24, 2.45) is 0 Å². The fourth-order valence-electron chi connectivity index (χ4n) is 2.48. The Morgan fingerprint density at radius 3 is 2.80 bits per heavy atom. The molecular formula is C15H25N5O3S2. The van der Waals surface area contributed by atoms with Gasteiger partial charge in [-0.2, -0.15) is 0 Å². The molecule has 1 aromatic heterocycles. The topological polar surface area (TPSA) is 105 Å². The van der Waals surface area contributed by atoms with Crippen molar-refractivity contribution < 1.29 is 14.3 Å². The predicted molar refractivity (Wildman–Crippen MR) is 99.1 cm³/mol. The van der Waals surface area contributed by atoms with E-state index < -0.39 is 11.3 Å². The van der Waals surface area contributed by atoms with Crippen LogP contribution in [0, 0.1) is 0 Å². The van der Waals surface area contributed by atoms with Gasteiger partial charge in [-0.1, -0.05) is 42.4 Å². The van der Waals surface area contributed by atoms with E-state index in [1.165, 1.54) is 29.5 Å². The number of ether oxygens (including phenoxy) is 1. The lowest BCUT2D eigenvalue weighted by Crippen LogP contribution is -2.47. The molecule has 1 fully saturated rings. The molecule has 0 spiro atoms. The zero-order chi connectivity index (χ0) is 18.1. The van der Waals surface area contributed by atoms with Gasteiger partial charge in [0.25, 0.3) is 0 Å². The summed E-state index contributed by atoms with van der Waals surface area (Å²) >= 11 is 2.65. The van der Waals surface area contributed by atoms with Crippen molar-refractivity contribution in [3.8, 4) is 0 Å². The van der Waals surface area contributed by atoms with Crippen molar-refractivity contribution in [3.63, 3.8) is 0 Å². The van der Waals surface area contributed by atoms with Gasteiger partial charge in [0.1, 0.15) is 0 Å². The van der Waals surface area contributed by atoms with E-state index in [1.54, 1.807) is 14.0 Å². The van der Waals surface area contributed by atoms with Crippen LogP contribution >= 0.6 is 23.1 Å². The molecule has 140 valence electrons. The second-order valence-corrected chi connectivity index (χ2v) is 8.42. The number of methoxy groups -OCH3 is 1. The monoisotopic (exact) mass is 387 g/mol. The number of anilines is 1. The molecule has 1 aromatic rings. The minimum atomic E-state index is -0.433. The average molecular weight is 388 g/mol. The molecule has 0 bridgehead atoms. The zero-order valence-electron chi connectivity index (χ0n) is 14.5. The molecule has 1 heterocycles. The van der Waals surface area contributed by atoms with E-state index in [1.807, 2.05) is 0 Å². The lowest BCUT2D eigenvalue weighted by Gasteiger charge is -2.22. The first kappa shape index (κ1) is 19.9. The Labute approximate surface area is 155 Å². The minimum absolute atomic E-state index is 0.174. The van der Waals surface area contributed by atoms with E-state index in [0.717, 1.165) is 25.7 Å². The smallest absolute Gasteiger partial charge is 0.321 e. The van der Waals surface area contributed by atoms with Crippen molar-refractivity contribution in [1.29, 1.82) is 0 Å². The third-order valence-corrected chi connectivity index (χ3v) is 5.88. The van der Waals surface area contributed by atoms with Gasteiger partial charge in [-0.3, -0.25) is 10.1 Å². The van der Waals surface area contributed by atoms with E-state index in [0.29, 0.717) is 22.6 Å². The number of imide groups is 1. The maximum Gasteiger partial charge on any atom is 0.321 e. The van der Waals surface area contributed by atoms with E-state index in [4.69, 9.17) is 4.74 Å². The average Bonchev–Trinajstić information content (AvgIpc) is 3.03. The van der Waals surface area contributed by atoms with Gasteiger partial charge in [-0.15, -0.1) is 10.2 Å². The van der Waals surface area contributed by atoms with Crippen molar-refractivity contribution in [2.75, 3.05) is 25.6 Å². The number of thioether (sulfide) groups is 1. The lowest BCUT2D eigenvalue weighted by atomic mass is 9.96. The summed E-state index contributed by atoms with van der Waals surface area (Å²) in [5.41, 5.74) is 0. The van der Waals surface area contributed by atoms with E-state index >= 15 is 0 Å². The fourth-order valence-corrected chi connectivity index (χ4v) is 4.40. The predicted octanol–water partition coefficient (Wildman–Crippen LogP) is 2.24. The van der Waals surface area contributed by atoms with E-state index in [-0.39, 0.29) is 11.9 Å². The highest BCUT2D eigenvalue weighted by molar-refractivity contribution is 8.02. The number of amides is 3. The van der Waals surface area contributed by atoms with Crippen LogP contribution in [0.2, 0.25) is 0 Å². The van der Waals surface area contributed by atoms with Crippen LogP contribution in [0.3, 0.4) is 0 Å². The highest BCUT2D eigenvalue weighted by Gasteiger charge is 2.21. The summed E-state index contributed by atoms with van der Waals surface area (Å²) < 4.78 is 5.63. The number of hydrogen-bond donors (Lipinski definition) is 3. The SMILES string of the molecule is COCCNc1nnc(S[C@H](C)C(=O)NC(=O)NC2CCCCC2)s1. The number of carbonyl (C=O) groups is 2. The van der Waals surface area contributed by atoms with Gasteiger partial charge in [0, 0.05) is 19.7 Å². The Bertz CT molecular complexity index is 563. The minimum Gasteiger partial charge on any atom is -0.383 e. The summed E-state index contributed by atoms with van der Waals surface area (Å²) in [7, 11) is 1.63. The molecule has 1 atom stereocenters. The molecule has 3 N–H and O–H groups in total. The van der Waals surface area contributed by atoms with E-state index in [2.05, 4.69) is 26.1 Å². The highest BCUT2D eigenvalue weighted by atomic mass is 32.2. The van der Waals surface area contributed by atoms with Gasteiger partial charge in [0.15, 0.2) is 4.34 Å². The lowest BCUT2D eigenvalue weighted by molar-refractivity contribution is -0.119. The first-order valence-corrected chi connectivity index (χ1v) is 10.1. The summed E-state index contributed by atoms with van der Waals surface area (Å²) in [6.07, 6.45) is 5.44. The van der Waals surface area contributed by atoms with Crippen LogP contribution in [0.1, 0.15) is 39.0 Å². The van der Waals surface area contributed by atoms with Gasteiger partial charge >= 0.3 is 6.03 Å². The molecule has 0 aromatic carbocycles. The van der Waals surface area contributed by atoms with Crippen molar-refractivity contribution in [3.05, 3.63) is 0 Å². The molecule has 0 unspecified atom stereocenters. The largest absolute Gasteiger partial charge is 0.383 e. The second-order valence-electron chi connectivity index (χ2n) is 5.85. The summed E-state index contributed by atoms with van der Waals surface area (Å²) in [5.74, 6) is -0.331. The Balaban J connectivity index is 1.72. The number of nitrogens with zero attached hydrogens (tertiary/aromatic N) is 2. The van der Waals surface area contributed by atoms with Crippen molar-refractivity contribution in [2.45, 2.75) is 54.7 Å².